The molecule has 0 saturated carbocycles. The number of carbonyl (C=O) groups is 1. The molecule has 0 aliphatic carbocycles. The number of hydrogen-bond donors (Lipinski definition) is 2. The van der Waals surface area contributed by atoms with Gasteiger partial charge in [-0.05, 0) is 31.0 Å². The van der Waals surface area contributed by atoms with Gasteiger partial charge in [0.15, 0.2) is 5.82 Å². The SMILES string of the molecule is CCC(O)CCNC(=O)c1cccc(-n2cccn2)n1. The van der Waals surface area contributed by atoms with Crippen molar-refractivity contribution in [2.24, 2.45) is 0 Å². The second-order valence-corrected chi connectivity index (χ2v) is 4.44. The lowest BCUT2D eigenvalue weighted by molar-refractivity contribution is 0.0937. The van der Waals surface area contributed by atoms with Crippen LogP contribution >= 0.6 is 0 Å². The van der Waals surface area contributed by atoms with E-state index in [0.29, 0.717) is 30.9 Å². The Morgan fingerprint density at radius 3 is 3.00 bits per heavy atom. The van der Waals surface area contributed by atoms with Gasteiger partial charge in [0.25, 0.3) is 5.91 Å². The van der Waals surface area contributed by atoms with Crippen molar-refractivity contribution < 1.29 is 9.90 Å². The van der Waals surface area contributed by atoms with E-state index in [1.54, 1.807) is 41.3 Å². The van der Waals surface area contributed by atoms with Gasteiger partial charge in [0.2, 0.25) is 0 Å². The van der Waals surface area contributed by atoms with Gasteiger partial charge in [-0.2, -0.15) is 5.10 Å². The number of aliphatic hydroxyl groups is 1. The molecule has 2 aromatic heterocycles. The van der Waals surface area contributed by atoms with Crippen LogP contribution in [0.2, 0.25) is 0 Å². The van der Waals surface area contributed by atoms with Gasteiger partial charge in [-0.15, -0.1) is 0 Å². The summed E-state index contributed by atoms with van der Waals surface area (Å²) in [6.45, 7) is 2.34. The van der Waals surface area contributed by atoms with Crippen LogP contribution in [-0.4, -0.2) is 38.4 Å². The molecule has 20 heavy (non-hydrogen) atoms. The van der Waals surface area contributed by atoms with Crippen LogP contribution in [0, 0.1) is 0 Å². The van der Waals surface area contributed by atoms with Crippen molar-refractivity contribution in [2.45, 2.75) is 25.9 Å². The second-order valence-electron chi connectivity index (χ2n) is 4.44. The van der Waals surface area contributed by atoms with Gasteiger partial charge < -0.3 is 10.4 Å². The van der Waals surface area contributed by atoms with E-state index in [4.69, 9.17) is 0 Å². The third-order valence-corrected chi connectivity index (χ3v) is 2.94. The van der Waals surface area contributed by atoms with Crippen LogP contribution in [0.5, 0.6) is 0 Å². The molecule has 0 fully saturated rings. The van der Waals surface area contributed by atoms with E-state index < -0.39 is 0 Å². The Kier molecular flexibility index (Phi) is 4.84. The standard InChI is InChI=1S/C14H18N4O2/c1-2-11(19)7-9-15-14(20)12-5-3-6-13(17-12)18-10-4-8-16-18/h3-6,8,10-11,19H,2,7,9H2,1H3,(H,15,20). The first-order valence-corrected chi connectivity index (χ1v) is 6.64. The van der Waals surface area contributed by atoms with E-state index in [0.717, 1.165) is 0 Å². The van der Waals surface area contributed by atoms with Crippen LogP contribution in [0.4, 0.5) is 0 Å². The Morgan fingerprint density at radius 1 is 1.45 bits per heavy atom. The minimum absolute atomic E-state index is 0.248. The topological polar surface area (TPSA) is 80.0 Å². The zero-order chi connectivity index (χ0) is 14.4. The number of nitrogens with one attached hydrogen (secondary N) is 1. The maximum absolute atomic E-state index is 12.0. The van der Waals surface area contributed by atoms with Crippen LogP contribution in [0.1, 0.15) is 30.3 Å². The molecule has 2 rings (SSSR count). The summed E-state index contributed by atoms with van der Waals surface area (Å²) in [5.74, 6) is 0.346. The zero-order valence-corrected chi connectivity index (χ0v) is 11.4. The molecular weight excluding hydrogens is 256 g/mol. The molecule has 2 aromatic rings. The Hall–Kier alpha value is -2.21. The first kappa shape index (κ1) is 14.2. The first-order chi connectivity index (χ1) is 9.70. The highest BCUT2D eigenvalue weighted by atomic mass is 16.3. The minimum Gasteiger partial charge on any atom is -0.393 e. The van der Waals surface area contributed by atoms with Crippen LogP contribution < -0.4 is 5.32 Å². The van der Waals surface area contributed by atoms with Gasteiger partial charge in [0.05, 0.1) is 6.10 Å². The van der Waals surface area contributed by atoms with Crippen molar-refractivity contribution in [1.82, 2.24) is 20.1 Å². The highest BCUT2D eigenvalue weighted by molar-refractivity contribution is 5.92. The van der Waals surface area contributed by atoms with E-state index in [1.807, 2.05) is 6.92 Å². The molecule has 0 bridgehead atoms. The lowest BCUT2D eigenvalue weighted by atomic mass is 10.2. The number of hydrogen-bond acceptors (Lipinski definition) is 4. The van der Waals surface area contributed by atoms with Crippen molar-refractivity contribution in [1.29, 1.82) is 0 Å². The van der Waals surface area contributed by atoms with Crippen LogP contribution in [0.15, 0.2) is 36.7 Å². The van der Waals surface area contributed by atoms with Crippen molar-refractivity contribution in [3.8, 4) is 5.82 Å². The van der Waals surface area contributed by atoms with E-state index in [-0.39, 0.29) is 12.0 Å². The Bertz CT molecular complexity index is 554. The van der Waals surface area contributed by atoms with E-state index >= 15 is 0 Å². The fourth-order valence-electron chi connectivity index (χ4n) is 1.73. The first-order valence-electron chi connectivity index (χ1n) is 6.64. The summed E-state index contributed by atoms with van der Waals surface area (Å²) in [6, 6.07) is 6.99. The summed E-state index contributed by atoms with van der Waals surface area (Å²) in [4.78, 5) is 16.2. The highest BCUT2D eigenvalue weighted by Gasteiger charge is 2.09. The van der Waals surface area contributed by atoms with Crippen LogP contribution in [0.25, 0.3) is 5.82 Å². The summed E-state index contributed by atoms with van der Waals surface area (Å²) in [6.07, 6.45) is 4.27. The number of rotatable bonds is 6. The predicted molar refractivity (Wildman–Crippen MR) is 74.6 cm³/mol. The summed E-state index contributed by atoms with van der Waals surface area (Å²) in [7, 11) is 0. The van der Waals surface area contributed by atoms with E-state index in [1.165, 1.54) is 0 Å². The molecule has 1 amide bonds. The monoisotopic (exact) mass is 274 g/mol. The van der Waals surface area contributed by atoms with Crippen molar-refractivity contribution >= 4 is 5.91 Å². The molecule has 6 heteroatoms. The highest BCUT2D eigenvalue weighted by Crippen LogP contribution is 2.04. The maximum Gasteiger partial charge on any atom is 0.269 e. The molecule has 0 aromatic carbocycles. The molecule has 0 aliphatic rings. The normalized spacial score (nSPS) is 12.1. The van der Waals surface area contributed by atoms with E-state index in [2.05, 4.69) is 15.4 Å². The van der Waals surface area contributed by atoms with Gasteiger partial charge in [0, 0.05) is 18.9 Å². The number of aromatic nitrogens is 3. The zero-order valence-electron chi connectivity index (χ0n) is 11.4. The Morgan fingerprint density at radius 2 is 2.30 bits per heavy atom. The van der Waals surface area contributed by atoms with Gasteiger partial charge in [-0.1, -0.05) is 13.0 Å². The Labute approximate surface area is 117 Å². The van der Waals surface area contributed by atoms with Crippen molar-refractivity contribution in [2.75, 3.05) is 6.54 Å². The quantitative estimate of drug-likeness (QED) is 0.828. The molecule has 2 heterocycles. The molecule has 1 atom stereocenters. The molecule has 6 nitrogen and oxygen atoms in total. The molecular formula is C14H18N4O2. The number of aliphatic hydroxyl groups excluding tert-OH is 1. The minimum atomic E-state index is -0.376. The summed E-state index contributed by atoms with van der Waals surface area (Å²) >= 11 is 0. The maximum atomic E-state index is 12.0. The molecule has 1 unspecified atom stereocenters. The molecule has 106 valence electrons. The summed E-state index contributed by atoms with van der Waals surface area (Å²) < 4.78 is 1.59. The summed E-state index contributed by atoms with van der Waals surface area (Å²) in [5.41, 5.74) is 0.337. The molecule has 0 saturated heterocycles. The van der Waals surface area contributed by atoms with Crippen molar-refractivity contribution in [3.05, 3.63) is 42.4 Å². The fourth-order valence-corrected chi connectivity index (χ4v) is 1.73. The number of carbonyl (C=O) groups excluding carboxylic acids is 1. The lowest BCUT2D eigenvalue weighted by Gasteiger charge is -2.09. The molecule has 0 radical (unpaired) electrons. The lowest BCUT2D eigenvalue weighted by Crippen LogP contribution is -2.28. The third kappa shape index (κ3) is 3.64. The average molecular weight is 274 g/mol. The number of pyridine rings is 1. The summed E-state index contributed by atoms with van der Waals surface area (Å²) in [5, 5.41) is 16.3. The molecule has 0 spiro atoms. The molecule has 2 N–H and O–H groups in total. The smallest absolute Gasteiger partial charge is 0.269 e. The molecule has 0 aliphatic heterocycles. The van der Waals surface area contributed by atoms with Crippen LogP contribution in [-0.2, 0) is 0 Å². The third-order valence-electron chi connectivity index (χ3n) is 2.94. The Balaban J connectivity index is 1.98. The van der Waals surface area contributed by atoms with E-state index in [9.17, 15) is 9.90 Å². The second kappa shape index (κ2) is 6.81. The average Bonchev–Trinajstić information content (AvgIpc) is 3.01. The number of amides is 1. The van der Waals surface area contributed by atoms with Crippen molar-refractivity contribution in [3.63, 3.8) is 0 Å². The largest absolute Gasteiger partial charge is 0.393 e. The van der Waals surface area contributed by atoms with Gasteiger partial charge >= 0.3 is 0 Å². The number of nitrogens with zero attached hydrogens (tertiary/aromatic N) is 3. The van der Waals surface area contributed by atoms with Gasteiger partial charge in [0.1, 0.15) is 5.69 Å². The fraction of sp³-hybridized carbons (Fsp3) is 0.357. The van der Waals surface area contributed by atoms with Gasteiger partial charge in [-0.25, -0.2) is 9.67 Å². The van der Waals surface area contributed by atoms with Crippen LogP contribution in [0.3, 0.4) is 0 Å². The van der Waals surface area contributed by atoms with Gasteiger partial charge in [-0.3, -0.25) is 4.79 Å². The predicted octanol–water partition coefficient (Wildman–Crippen LogP) is 1.16.